The minimum Gasteiger partial charge on any atom is -0.494 e. The van der Waals surface area contributed by atoms with Gasteiger partial charge in [-0.05, 0) is 36.2 Å². The highest BCUT2D eigenvalue weighted by Crippen LogP contribution is 2.23. The molecular weight excluding hydrogens is 434 g/mol. The first-order chi connectivity index (χ1) is 14.8. The SMILES string of the molecule is CCCCCCCCCCCCCCOc1cccc(Nc2cccc(CBr)c2)c1. The molecule has 30 heavy (non-hydrogen) atoms. The molecule has 0 fully saturated rings. The smallest absolute Gasteiger partial charge is 0.121 e. The summed E-state index contributed by atoms with van der Waals surface area (Å²) in [6, 6.07) is 16.7. The molecule has 0 saturated heterocycles. The standard InChI is InChI=1S/C27H40BrNO/c1-2-3-4-5-6-7-8-9-10-11-12-13-20-30-27-19-15-18-26(22-27)29-25-17-14-16-24(21-25)23-28/h14-19,21-22,29H,2-13,20,23H2,1H3. The molecule has 2 aromatic rings. The van der Waals surface area contributed by atoms with E-state index in [0.29, 0.717) is 0 Å². The van der Waals surface area contributed by atoms with Crippen molar-refractivity contribution in [3.05, 3.63) is 54.1 Å². The summed E-state index contributed by atoms with van der Waals surface area (Å²) in [5.74, 6) is 0.944. The van der Waals surface area contributed by atoms with Gasteiger partial charge in [0.05, 0.1) is 6.61 Å². The van der Waals surface area contributed by atoms with Crippen LogP contribution in [0.25, 0.3) is 0 Å². The number of nitrogens with one attached hydrogen (secondary N) is 1. The summed E-state index contributed by atoms with van der Waals surface area (Å²) in [5.41, 5.74) is 3.43. The highest BCUT2D eigenvalue weighted by atomic mass is 79.9. The van der Waals surface area contributed by atoms with Gasteiger partial charge in [-0.15, -0.1) is 0 Å². The number of alkyl halides is 1. The summed E-state index contributed by atoms with van der Waals surface area (Å²) < 4.78 is 5.97. The number of halogens is 1. The van der Waals surface area contributed by atoms with E-state index in [2.05, 4.69) is 64.6 Å². The molecule has 0 aromatic heterocycles. The lowest BCUT2D eigenvalue weighted by molar-refractivity contribution is 0.304. The van der Waals surface area contributed by atoms with E-state index in [1.165, 1.54) is 76.2 Å². The van der Waals surface area contributed by atoms with Gasteiger partial charge in [-0.25, -0.2) is 0 Å². The summed E-state index contributed by atoms with van der Waals surface area (Å²) >= 11 is 3.51. The number of hydrogen-bond donors (Lipinski definition) is 1. The molecule has 2 aromatic carbocycles. The Morgan fingerprint density at radius 1 is 0.700 bits per heavy atom. The van der Waals surface area contributed by atoms with Crippen LogP contribution in [0.3, 0.4) is 0 Å². The maximum Gasteiger partial charge on any atom is 0.121 e. The molecule has 0 amide bonds. The molecule has 2 rings (SSSR count). The van der Waals surface area contributed by atoms with Crippen LogP contribution in [0.2, 0.25) is 0 Å². The van der Waals surface area contributed by atoms with Crippen molar-refractivity contribution in [2.24, 2.45) is 0 Å². The fourth-order valence-corrected chi connectivity index (χ4v) is 4.04. The molecule has 0 spiro atoms. The summed E-state index contributed by atoms with van der Waals surface area (Å²) in [5, 5.41) is 4.33. The Labute approximate surface area is 192 Å². The summed E-state index contributed by atoms with van der Waals surface area (Å²) in [6.07, 6.45) is 16.4. The van der Waals surface area contributed by atoms with Crippen LogP contribution < -0.4 is 10.1 Å². The van der Waals surface area contributed by atoms with Crippen LogP contribution in [0, 0.1) is 0 Å². The van der Waals surface area contributed by atoms with Crippen molar-refractivity contribution >= 4 is 27.3 Å². The van der Waals surface area contributed by atoms with Gasteiger partial charge in [0.15, 0.2) is 0 Å². The molecule has 0 aliphatic rings. The molecular formula is C27H40BrNO. The van der Waals surface area contributed by atoms with Crippen LogP contribution in [-0.4, -0.2) is 6.61 Å². The lowest BCUT2D eigenvalue weighted by atomic mass is 10.1. The van der Waals surface area contributed by atoms with Crippen molar-refractivity contribution in [1.82, 2.24) is 0 Å². The first kappa shape index (κ1) is 24.8. The third-order valence-corrected chi connectivity index (χ3v) is 6.12. The Balaban J connectivity index is 1.53. The zero-order valence-corrected chi connectivity index (χ0v) is 20.4. The van der Waals surface area contributed by atoms with Crippen LogP contribution in [0.1, 0.15) is 89.5 Å². The Bertz CT molecular complexity index is 688. The normalized spacial score (nSPS) is 10.9. The quantitative estimate of drug-likeness (QED) is 0.182. The van der Waals surface area contributed by atoms with Crippen molar-refractivity contribution in [2.45, 2.75) is 89.3 Å². The minimum absolute atomic E-state index is 0.806. The number of ether oxygens (including phenoxy) is 1. The van der Waals surface area contributed by atoms with E-state index in [1.54, 1.807) is 0 Å². The predicted octanol–water partition coefficient (Wildman–Crippen LogP) is 9.40. The molecule has 0 radical (unpaired) electrons. The molecule has 0 unspecified atom stereocenters. The Morgan fingerprint density at radius 2 is 1.27 bits per heavy atom. The Hall–Kier alpha value is -1.48. The van der Waals surface area contributed by atoms with Gasteiger partial charge in [0.2, 0.25) is 0 Å². The highest BCUT2D eigenvalue weighted by Gasteiger charge is 2.00. The van der Waals surface area contributed by atoms with Crippen LogP contribution in [0.4, 0.5) is 11.4 Å². The lowest BCUT2D eigenvalue weighted by Crippen LogP contribution is -1.98. The predicted molar refractivity (Wildman–Crippen MR) is 135 cm³/mol. The van der Waals surface area contributed by atoms with Crippen molar-refractivity contribution in [2.75, 3.05) is 11.9 Å². The Kier molecular flexibility index (Phi) is 13.4. The molecule has 0 heterocycles. The first-order valence-electron chi connectivity index (χ1n) is 12.0. The zero-order chi connectivity index (χ0) is 21.3. The molecule has 3 heteroatoms. The van der Waals surface area contributed by atoms with E-state index in [4.69, 9.17) is 4.74 Å². The average molecular weight is 475 g/mol. The lowest BCUT2D eigenvalue weighted by Gasteiger charge is -2.11. The van der Waals surface area contributed by atoms with Gasteiger partial charge in [0.1, 0.15) is 5.75 Å². The van der Waals surface area contributed by atoms with Crippen molar-refractivity contribution < 1.29 is 4.74 Å². The number of rotatable bonds is 17. The second kappa shape index (κ2) is 16.2. The molecule has 0 atom stereocenters. The van der Waals surface area contributed by atoms with E-state index in [9.17, 15) is 0 Å². The molecule has 0 aliphatic heterocycles. The largest absolute Gasteiger partial charge is 0.494 e. The number of hydrogen-bond acceptors (Lipinski definition) is 2. The summed E-state index contributed by atoms with van der Waals surface area (Å²) in [7, 11) is 0. The molecule has 166 valence electrons. The zero-order valence-electron chi connectivity index (χ0n) is 18.8. The van der Waals surface area contributed by atoms with E-state index in [1.807, 2.05) is 12.1 Å². The number of anilines is 2. The average Bonchev–Trinajstić information content (AvgIpc) is 2.77. The monoisotopic (exact) mass is 473 g/mol. The molecule has 1 N–H and O–H groups in total. The first-order valence-corrected chi connectivity index (χ1v) is 13.1. The van der Waals surface area contributed by atoms with Gasteiger partial charge in [-0.3, -0.25) is 0 Å². The van der Waals surface area contributed by atoms with Crippen molar-refractivity contribution in [1.29, 1.82) is 0 Å². The Morgan fingerprint density at radius 3 is 1.90 bits per heavy atom. The van der Waals surface area contributed by atoms with E-state index in [0.717, 1.165) is 35.5 Å². The van der Waals surface area contributed by atoms with Crippen LogP contribution in [-0.2, 0) is 5.33 Å². The topological polar surface area (TPSA) is 21.3 Å². The minimum atomic E-state index is 0.806. The summed E-state index contributed by atoms with van der Waals surface area (Å²) in [4.78, 5) is 0. The van der Waals surface area contributed by atoms with E-state index >= 15 is 0 Å². The number of unbranched alkanes of at least 4 members (excludes halogenated alkanes) is 11. The third-order valence-electron chi connectivity index (χ3n) is 5.47. The van der Waals surface area contributed by atoms with Crippen LogP contribution in [0.5, 0.6) is 5.75 Å². The molecule has 2 nitrogen and oxygen atoms in total. The van der Waals surface area contributed by atoms with Gasteiger partial charge in [-0.1, -0.05) is 112 Å². The number of benzene rings is 2. The van der Waals surface area contributed by atoms with Crippen LogP contribution >= 0.6 is 15.9 Å². The molecule has 0 bridgehead atoms. The fourth-order valence-electron chi connectivity index (χ4n) is 3.70. The highest BCUT2D eigenvalue weighted by molar-refractivity contribution is 9.08. The third kappa shape index (κ3) is 11.1. The van der Waals surface area contributed by atoms with Gasteiger partial charge >= 0.3 is 0 Å². The molecule has 0 saturated carbocycles. The van der Waals surface area contributed by atoms with Gasteiger partial charge < -0.3 is 10.1 Å². The maximum atomic E-state index is 5.97. The van der Waals surface area contributed by atoms with E-state index < -0.39 is 0 Å². The van der Waals surface area contributed by atoms with Gasteiger partial charge in [0, 0.05) is 22.8 Å². The van der Waals surface area contributed by atoms with Crippen molar-refractivity contribution in [3.8, 4) is 5.75 Å². The second-order valence-electron chi connectivity index (χ2n) is 8.22. The van der Waals surface area contributed by atoms with Gasteiger partial charge in [0.25, 0.3) is 0 Å². The fraction of sp³-hybridized carbons (Fsp3) is 0.556. The van der Waals surface area contributed by atoms with Crippen molar-refractivity contribution in [3.63, 3.8) is 0 Å². The van der Waals surface area contributed by atoms with Gasteiger partial charge in [-0.2, -0.15) is 0 Å². The maximum absolute atomic E-state index is 5.97. The van der Waals surface area contributed by atoms with Crippen LogP contribution in [0.15, 0.2) is 48.5 Å². The summed E-state index contributed by atoms with van der Waals surface area (Å²) in [6.45, 7) is 3.09. The molecule has 0 aliphatic carbocycles. The second-order valence-corrected chi connectivity index (χ2v) is 8.79. The van der Waals surface area contributed by atoms with E-state index in [-0.39, 0.29) is 0 Å².